The lowest BCUT2D eigenvalue weighted by molar-refractivity contribution is -0.757. The monoisotopic (exact) mass is 503 g/mol. The average Bonchev–Trinajstić information content (AvgIpc) is 2.68. The summed E-state index contributed by atoms with van der Waals surface area (Å²) in [5, 5.41) is 8.89. The van der Waals surface area contributed by atoms with Crippen molar-refractivity contribution in [1.29, 1.82) is 0 Å². The molecule has 0 N–H and O–H groups in total. The van der Waals surface area contributed by atoms with Crippen LogP contribution < -0.4 is 9.47 Å². The molecule has 2 rings (SSSR count). The summed E-state index contributed by atoms with van der Waals surface area (Å²) in [6, 6.07) is 1.54. The molecule has 0 amide bonds. The van der Waals surface area contributed by atoms with Crippen LogP contribution in [0.4, 0.5) is 26.3 Å². The quantitative estimate of drug-likeness (QED) is 0.124. The van der Waals surface area contributed by atoms with Crippen LogP contribution in [0.1, 0.15) is 24.0 Å². The average molecular weight is 503 g/mol. The van der Waals surface area contributed by atoms with Crippen LogP contribution in [0.2, 0.25) is 0 Å². The van der Waals surface area contributed by atoms with Gasteiger partial charge in [-0.15, -0.1) is 23.3 Å². The maximum atomic E-state index is 13.5. The Balaban J connectivity index is 2.13. The van der Waals surface area contributed by atoms with Gasteiger partial charge < -0.3 is 23.8 Å². The third-order valence-corrected chi connectivity index (χ3v) is 4.00. The SMILES string of the molecule is Cc1cc(OC(F)(F)F)cc2c1O[C@H](C(F)(F)F)C(C(=O)OCOC(=O)CCCO[N+](=O)[O-])=C2. The number of carbonyl (C=O) groups excluding carboxylic acids is 2. The lowest BCUT2D eigenvalue weighted by atomic mass is 9.99. The molecule has 1 aliphatic heterocycles. The highest BCUT2D eigenvalue weighted by atomic mass is 19.4. The van der Waals surface area contributed by atoms with Crippen LogP contribution in [0.3, 0.4) is 0 Å². The molecular formula is C18H15F6NO9. The summed E-state index contributed by atoms with van der Waals surface area (Å²) in [6.07, 6.45) is -12.9. The number of esters is 2. The minimum atomic E-state index is -5.11. The van der Waals surface area contributed by atoms with E-state index in [1.807, 2.05) is 0 Å². The normalized spacial score (nSPS) is 15.4. The van der Waals surface area contributed by atoms with Crippen LogP contribution in [0.5, 0.6) is 11.5 Å². The standard InChI is InChI=1S/C18H15F6NO9/c1-9-5-11(34-18(22,23)24)6-10-7-12(15(17(19,20)21)33-14(9)10)16(27)31-8-30-13(26)3-2-4-32-25(28)29/h5-7,15H,2-4,8H2,1H3/t15-/m0/s1. The van der Waals surface area contributed by atoms with E-state index in [0.29, 0.717) is 6.08 Å². The van der Waals surface area contributed by atoms with E-state index < -0.39 is 66.1 Å². The van der Waals surface area contributed by atoms with Gasteiger partial charge in [0.1, 0.15) is 11.5 Å². The van der Waals surface area contributed by atoms with Crippen molar-refractivity contribution in [3.05, 3.63) is 38.9 Å². The molecule has 0 spiro atoms. The summed E-state index contributed by atoms with van der Waals surface area (Å²) in [5.74, 6) is -3.78. The first-order valence-electron chi connectivity index (χ1n) is 9.13. The van der Waals surface area contributed by atoms with Crippen molar-refractivity contribution in [2.24, 2.45) is 0 Å². The first-order chi connectivity index (χ1) is 15.7. The van der Waals surface area contributed by atoms with E-state index in [0.717, 1.165) is 12.1 Å². The predicted octanol–water partition coefficient (Wildman–Crippen LogP) is 3.63. The van der Waals surface area contributed by atoms with Crippen LogP contribution in [-0.2, 0) is 23.9 Å². The topological polar surface area (TPSA) is 123 Å². The highest BCUT2D eigenvalue weighted by molar-refractivity contribution is 5.96. The van der Waals surface area contributed by atoms with Crippen LogP contribution >= 0.6 is 0 Å². The summed E-state index contributed by atoms with van der Waals surface area (Å²) in [4.78, 5) is 37.6. The second kappa shape index (κ2) is 10.5. The Morgan fingerprint density at radius 2 is 1.82 bits per heavy atom. The zero-order chi connectivity index (χ0) is 25.7. The fourth-order valence-corrected chi connectivity index (χ4v) is 2.72. The third kappa shape index (κ3) is 7.70. The highest BCUT2D eigenvalue weighted by Gasteiger charge is 2.49. The number of benzene rings is 1. The van der Waals surface area contributed by atoms with Gasteiger partial charge in [0.15, 0.2) is 0 Å². The van der Waals surface area contributed by atoms with Crippen LogP contribution in [0.15, 0.2) is 17.7 Å². The van der Waals surface area contributed by atoms with E-state index in [9.17, 15) is 46.0 Å². The van der Waals surface area contributed by atoms with E-state index in [-0.39, 0.29) is 24.0 Å². The molecule has 0 saturated carbocycles. The molecule has 34 heavy (non-hydrogen) atoms. The summed E-state index contributed by atoms with van der Waals surface area (Å²) in [5.41, 5.74) is -1.54. The van der Waals surface area contributed by atoms with Gasteiger partial charge in [-0.25, -0.2) is 4.79 Å². The molecule has 0 aliphatic carbocycles. The summed E-state index contributed by atoms with van der Waals surface area (Å²) < 4.78 is 95.5. The number of nitrogens with zero attached hydrogens (tertiary/aromatic N) is 1. The second-order valence-corrected chi connectivity index (χ2v) is 6.57. The Kier molecular flexibility index (Phi) is 8.17. The minimum absolute atomic E-state index is 0.121. The number of aryl methyl sites for hydroxylation is 1. The molecule has 188 valence electrons. The molecule has 0 unspecified atom stereocenters. The molecule has 1 aliphatic rings. The van der Waals surface area contributed by atoms with Crippen molar-refractivity contribution in [2.45, 2.75) is 38.4 Å². The fourth-order valence-electron chi connectivity index (χ4n) is 2.72. The van der Waals surface area contributed by atoms with Gasteiger partial charge in [-0.05, 0) is 37.1 Å². The molecule has 16 heteroatoms. The van der Waals surface area contributed by atoms with Crippen molar-refractivity contribution in [1.82, 2.24) is 0 Å². The molecule has 1 heterocycles. The highest BCUT2D eigenvalue weighted by Crippen LogP contribution is 2.41. The van der Waals surface area contributed by atoms with Crippen LogP contribution in [0.25, 0.3) is 6.08 Å². The Bertz CT molecular complexity index is 974. The molecule has 0 radical (unpaired) electrons. The van der Waals surface area contributed by atoms with Gasteiger partial charge in [-0.1, -0.05) is 0 Å². The third-order valence-electron chi connectivity index (χ3n) is 4.00. The van der Waals surface area contributed by atoms with Gasteiger partial charge in [-0.2, -0.15) is 13.2 Å². The largest absolute Gasteiger partial charge is 0.573 e. The molecule has 0 aromatic heterocycles. The first kappa shape index (κ1) is 26.5. The molecule has 0 bridgehead atoms. The molecule has 1 atom stereocenters. The molecule has 1 aromatic carbocycles. The predicted molar refractivity (Wildman–Crippen MR) is 95.5 cm³/mol. The molecule has 1 aromatic rings. The number of hydrogen-bond acceptors (Lipinski definition) is 9. The molecule has 10 nitrogen and oxygen atoms in total. The van der Waals surface area contributed by atoms with E-state index in [2.05, 4.69) is 19.0 Å². The number of ether oxygens (including phenoxy) is 4. The van der Waals surface area contributed by atoms with Crippen molar-refractivity contribution < 1.29 is 64.8 Å². The van der Waals surface area contributed by atoms with Gasteiger partial charge in [0, 0.05) is 12.0 Å². The maximum Gasteiger partial charge on any atom is 0.573 e. The van der Waals surface area contributed by atoms with Gasteiger partial charge in [0.2, 0.25) is 12.9 Å². The zero-order valence-electron chi connectivity index (χ0n) is 17.0. The Hall–Kier alpha value is -3.72. The number of fused-ring (bicyclic) bond motifs is 1. The maximum absolute atomic E-state index is 13.5. The number of rotatable bonds is 9. The molecular weight excluding hydrogens is 488 g/mol. The van der Waals surface area contributed by atoms with Gasteiger partial charge in [-0.3, -0.25) is 4.79 Å². The Morgan fingerprint density at radius 1 is 1.15 bits per heavy atom. The number of hydrogen-bond donors (Lipinski definition) is 0. The summed E-state index contributed by atoms with van der Waals surface area (Å²) in [6.45, 7) is -0.333. The van der Waals surface area contributed by atoms with E-state index >= 15 is 0 Å². The lowest BCUT2D eigenvalue weighted by Gasteiger charge is -2.29. The van der Waals surface area contributed by atoms with E-state index in [1.165, 1.54) is 6.92 Å². The number of carbonyl (C=O) groups is 2. The Labute approximate surface area is 186 Å². The van der Waals surface area contributed by atoms with Crippen LogP contribution in [-0.4, -0.2) is 49.1 Å². The molecule has 0 fully saturated rings. The van der Waals surface area contributed by atoms with Crippen LogP contribution in [0, 0.1) is 17.0 Å². The Morgan fingerprint density at radius 3 is 2.41 bits per heavy atom. The van der Waals surface area contributed by atoms with E-state index in [4.69, 9.17) is 4.74 Å². The second-order valence-electron chi connectivity index (χ2n) is 6.57. The lowest BCUT2D eigenvalue weighted by Crippen LogP contribution is -2.41. The summed E-state index contributed by atoms with van der Waals surface area (Å²) in [7, 11) is 0. The van der Waals surface area contributed by atoms with Gasteiger partial charge >= 0.3 is 24.5 Å². The smallest absolute Gasteiger partial charge is 0.475 e. The van der Waals surface area contributed by atoms with Gasteiger partial charge in [0.25, 0.3) is 5.09 Å². The van der Waals surface area contributed by atoms with E-state index in [1.54, 1.807) is 0 Å². The van der Waals surface area contributed by atoms with Crippen molar-refractivity contribution in [3.63, 3.8) is 0 Å². The summed E-state index contributed by atoms with van der Waals surface area (Å²) >= 11 is 0. The fraction of sp³-hybridized carbons (Fsp3) is 0.444. The van der Waals surface area contributed by atoms with Gasteiger partial charge in [0.05, 0.1) is 12.2 Å². The number of alkyl halides is 6. The van der Waals surface area contributed by atoms with Crippen molar-refractivity contribution in [3.8, 4) is 11.5 Å². The number of halogens is 6. The van der Waals surface area contributed by atoms with Crippen molar-refractivity contribution in [2.75, 3.05) is 13.4 Å². The minimum Gasteiger partial charge on any atom is -0.475 e. The van der Waals surface area contributed by atoms with Crippen molar-refractivity contribution >= 4 is 18.0 Å². The molecule has 0 saturated heterocycles. The first-order valence-corrected chi connectivity index (χ1v) is 9.13. The zero-order valence-corrected chi connectivity index (χ0v) is 17.0.